The molecule has 0 aliphatic carbocycles. The summed E-state index contributed by atoms with van der Waals surface area (Å²) in [6.45, 7) is 0.501. The third-order valence-electron chi connectivity index (χ3n) is 2.84. The van der Waals surface area contributed by atoms with Crippen LogP contribution < -0.4 is 10.1 Å². The fraction of sp³-hybridized carbons (Fsp3) is 0.500. The molecule has 1 aliphatic rings. The molecule has 1 aromatic carbocycles. The second kappa shape index (κ2) is 4.80. The average molecular weight is 225 g/mol. The smallest absolute Gasteiger partial charge is 0.126 e. The standard InChI is InChI=1S/C12H16FNO2/c1-14-7-10(15)12-4-2-8-6-9(13)3-5-11(8)16-12/h3,5-6,10,12,14-15H,2,4,7H2,1H3/t10-,12-/m0/s1. The average Bonchev–Trinajstić information content (AvgIpc) is 2.28. The Balaban J connectivity index is 2.09. The van der Waals surface area contributed by atoms with E-state index >= 15 is 0 Å². The highest BCUT2D eigenvalue weighted by Gasteiger charge is 2.25. The molecule has 1 aromatic rings. The zero-order valence-electron chi connectivity index (χ0n) is 9.24. The molecule has 2 rings (SSSR count). The van der Waals surface area contributed by atoms with Gasteiger partial charge in [0.15, 0.2) is 0 Å². The Labute approximate surface area is 94.2 Å². The maximum absolute atomic E-state index is 13.0. The van der Waals surface area contributed by atoms with Crippen molar-refractivity contribution in [2.75, 3.05) is 13.6 Å². The van der Waals surface area contributed by atoms with E-state index in [-0.39, 0.29) is 11.9 Å². The molecule has 1 aliphatic heterocycles. The summed E-state index contributed by atoms with van der Waals surface area (Å²) in [5.74, 6) is 0.448. The Hall–Kier alpha value is -1.13. The van der Waals surface area contributed by atoms with Gasteiger partial charge in [0, 0.05) is 6.54 Å². The van der Waals surface area contributed by atoms with E-state index in [0.29, 0.717) is 12.3 Å². The number of hydrogen-bond acceptors (Lipinski definition) is 3. The van der Waals surface area contributed by atoms with E-state index in [2.05, 4.69) is 5.32 Å². The molecule has 2 N–H and O–H groups in total. The summed E-state index contributed by atoms with van der Waals surface area (Å²) in [4.78, 5) is 0. The van der Waals surface area contributed by atoms with Crippen LogP contribution in [0, 0.1) is 5.82 Å². The SMILES string of the molecule is CNC[C@H](O)[C@@H]1CCc2cc(F)ccc2O1. The number of fused-ring (bicyclic) bond motifs is 1. The van der Waals surface area contributed by atoms with Crippen molar-refractivity contribution >= 4 is 0 Å². The second-order valence-electron chi connectivity index (χ2n) is 4.07. The maximum atomic E-state index is 13.0. The summed E-state index contributed by atoms with van der Waals surface area (Å²) >= 11 is 0. The van der Waals surface area contributed by atoms with E-state index in [1.54, 1.807) is 13.1 Å². The first-order chi connectivity index (χ1) is 7.70. The van der Waals surface area contributed by atoms with Gasteiger partial charge in [0.1, 0.15) is 23.8 Å². The lowest BCUT2D eigenvalue weighted by atomic mass is 9.99. The van der Waals surface area contributed by atoms with Crippen molar-refractivity contribution < 1.29 is 14.2 Å². The zero-order valence-corrected chi connectivity index (χ0v) is 9.24. The van der Waals surface area contributed by atoms with Gasteiger partial charge in [-0.25, -0.2) is 4.39 Å². The number of ether oxygens (including phenoxy) is 1. The van der Waals surface area contributed by atoms with E-state index in [0.717, 1.165) is 18.4 Å². The molecule has 0 aromatic heterocycles. The molecule has 2 atom stereocenters. The molecule has 0 saturated carbocycles. The predicted molar refractivity (Wildman–Crippen MR) is 59.1 cm³/mol. The largest absolute Gasteiger partial charge is 0.487 e. The molecule has 0 radical (unpaired) electrons. The minimum Gasteiger partial charge on any atom is -0.487 e. The van der Waals surface area contributed by atoms with Crippen LogP contribution in [0.25, 0.3) is 0 Å². The topological polar surface area (TPSA) is 41.5 Å². The third kappa shape index (κ3) is 2.33. The first-order valence-electron chi connectivity index (χ1n) is 5.48. The molecule has 16 heavy (non-hydrogen) atoms. The second-order valence-corrected chi connectivity index (χ2v) is 4.07. The van der Waals surface area contributed by atoms with Crippen molar-refractivity contribution in [3.8, 4) is 5.75 Å². The molecular weight excluding hydrogens is 209 g/mol. The highest BCUT2D eigenvalue weighted by Crippen LogP contribution is 2.29. The number of aliphatic hydroxyl groups excluding tert-OH is 1. The van der Waals surface area contributed by atoms with Crippen molar-refractivity contribution in [2.45, 2.75) is 25.0 Å². The van der Waals surface area contributed by atoms with Gasteiger partial charge in [-0.05, 0) is 43.7 Å². The van der Waals surface area contributed by atoms with Gasteiger partial charge in [-0.15, -0.1) is 0 Å². The third-order valence-corrected chi connectivity index (χ3v) is 2.84. The van der Waals surface area contributed by atoms with Gasteiger partial charge in [0.05, 0.1) is 0 Å². The lowest BCUT2D eigenvalue weighted by molar-refractivity contribution is 0.0255. The summed E-state index contributed by atoms with van der Waals surface area (Å²) in [7, 11) is 1.79. The van der Waals surface area contributed by atoms with E-state index in [4.69, 9.17) is 4.74 Å². The van der Waals surface area contributed by atoms with E-state index in [9.17, 15) is 9.50 Å². The molecule has 0 spiro atoms. The quantitative estimate of drug-likeness (QED) is 0.809. The molecule has 3 nitrogen and oxygen atoms in total. The van der Waals surface area contributed by atoms with Crippen molar-refractivity contribution in [3.05, 3.63) is 29.6 Å². The lowest BCUT2D eigenvalue weighted by Gasteiger charge is -2.29. The Bertz CT molecular complexity index is 370. The van der Waals surface area contributed by atoms with Crippen LogP contribution in [0.5, 0.6) is 5.75 Å². The van der Waals surface area contributed by atoms with Crippen LogP contribution in [0.3, 0.4) is 0 Å². The van der Waals surface area contributed by atoms with Crippen LogP contribution in [0.4, 0.5) is 4.39 Å². The summed E-state index contributed by atoms with van der Waals surface area (Å²) in [5, 5.41) is 12.7. The van der Waals surface area contributed by atoms with Crippen LogP contribution in [0.1, 0.15) is 12.0 Å². The fourth-order valence-corrected chi connectivity index (χ4v) is 1.99. The summed E-state index contributed by atoms with van der Waals surface area (Å²) in [6, 6.07) is 4.50. The number of aliphatic hydroxyl groups is 1. The van der Waals surface area contributed by atoms with Crippen LogP contribution in [0.15, 0.2) is 18.2 Å². The number of hydrogen-bond donors (Lipinski definition) is 2. The Kier molecular flexibility index (Phi) is 3.41. The first-order valence-corrected chi connectivity index (χ1v) is 5.48. The lowest BCUT2D eigenvalue weighted by Crippen LogP contribution is -2.40. The van der Waals surface area contributed by atoms with Gasteiger partial charge in [-0.3, -0.25) is 0 Å². The summed E-state index contributed by atoms with van der Waals surface area (Å²) in [6.07, 6.45) is 0.742. The predicted octanol–water partition coefficient (Wildman–Crippen LogP) is 1.10. The number of nitrogens with one attached hydrogen (secondary N) is 1. The Morgan fingerprint density at radius 1 is 1.62 bits per heavy atom. The number of aryl methyl sites for hydroxylation is 1. The van der Waals surface area contributed by atoms with Gasteiger partial charge in [-0.1, -0.05) is 0 Å². The Morgan fingerprint density at radius 3 is 3.19 bits per heavy atom. The van der Waals surface area contributed by atoms with Crippen LogP contribution in [-0.2, 0) is 6.42 Å². The van der Waals surface area contributed by atoms with Crippen LogP contribution in [-0.4, -0.2) is 30.9 Å². The number of likely N-dealkylation sites (N-methyl/N-ethyl adjacent to an activating group) is 1. The van der Waals surface area contributed by atoms with E-state index in [1.807, 2.05) is 0 Å². The van der Waals surface area contributed by atoms with Gasteiger partial charge < -0.3 is 15.2 Å². The van der Waals surface area contributed by atoms with Crippen LogP contribution >= 0.6 is 0 Å². The van der Waals surface area contributed by atoms with Crippen molar-refractivity contribution in [1.29, 1.82) is 0 Å². The van der Waals surface area contributed by atoms with E-state index in [1.165, 1.54) is 12.1 Å². The minimum atomic E-state index is -0.525. The van der Waals surface area contributed by atoms with Crippen molar-refractivity contribution in [3.63, 3.8) is 0 Å². The van der Waals surface area contributed by atoms with Gasteiger partial charge >= 0.3 is 0 Å². The molecule has 88 valence electrons. The van der Waals surface area contributed by atoms with Gasteiger partial charge in [-0.2, -0.15) is 0 Å². The molecule has 0 fully saturated rings. The highest BCUT2D eigenvalue weighted by molar-refractivity contribution is 5.35. The zero-order chi connectivity index (χ0) is 11.5. The Morgan fingerprint density at radius 2 is 2.44 bits per heavy atom. The number of benzene rings is 1. The first kappa shape index (κ1) is 11.4. The molecular formula is C12H16FNO2. The highest BCUT2D eigenvalue weighted by atomic mass is 19.1. The van der Waals surface area contributed by atoms with Crippen molar-refractivity contribution in [2.24, 2.45) is 0 Å². The molecule has 1 heterocycles. The monoisotopic (exact) mass is 225 g/mol. The minimum absolute atomic E-state index is 0.203. The van der Waals surface area contributed by atoms with Crippen LogP contribution in [0.2, 0.25) is 0 Å². The number of halogens is 1. The molecule has 4 heteroatoms. The maximum Gasteiger partial charge on any atom is 0.126 e. The molecule has 0 unspecified atom stereocenters. The van der Waals surface area contributed by atoms with Gasteiger partial charge in [0.2, 0.25) is 0 Å². The number of rotatable bonds is 3. The normalized spacial score (nSPS) is 21.1. The van der Waals surface area contributed by atoms with Gasteiger partial charge in [0.25, 0.3) is 0 Å². The molecule has 0 saturated heterocycles. The van der Waals surface area contributed by atoms with E-state index < -0.39 is 6.10 Å². The molecule has 0 amide bonds. The summed E-state index contributed by atoms with van der Waals surface area (Å²) in [5.41, 5.74) is 0.882. The van der Waals surface area contributed by atoms with Crippen molar-refractivity contribution in [1.82, 2.24) is 5.32 Å². The fourth-order valence-electron chi connectivity index (χ4n) is 1.99. The summed E-state index contributed by atoms with van der Waals surface area (Å²) < 4.78 is 18.6. The molecule has 0 bridgehead atoms.